The molecule has 0 aromatic rings. The maximum Gasteiger partial charge on any atom is 0.410 e. The van der Waals surface area contributed by atoms with Gasteiger partial charge >= 0.3 is 6.09 Å². The minimum Gasteiger partial charge on any atom is -0.444 e. The maximum atomic E-state index is 12.4. The lowest BCUT2D eigenvalue weighted by atomic mass is 9.79. The summed E-state index contributed by atoms with van der Waals surface area (Å²) in [6.45, 7) is 7.71. The normalized spacial score (nSPS) is 27.4. The van der Waals surface area contributed by atoms with Gasteiger partial charge in [0.2, 0.25) is 0 Å². The summed E-state index contributed by atoms with van der Waals surface area (Å²) in [6, 6.07) is 0.0565. The molecule has 19 heavy (non-hydrogen) atoms. The fraction of sp³-hybridized carbons (Fsp3) is 0.929. The molecule has 2 aliphatic heterocycles. The van der Waals surface area contributed by atoms with Crippen molar-refractivity contribution in [3.05, 3.63) is 0 Å². The summed E-state index contributed by atoms with van der Waals surface area (Å²) in [4.78, 5) is 14.3. The van der Waals surface area contributed by atoms with E-state index in [0.717, 1.165) is 25.7 Å². The topological polar surface area (TPSA) is 64.8 Å². The zero-order valence-electron chi connectivity index (χ0n) is 12.3. The van der Waals surface area contributed by atoms with Crippen LogP contribution in [0.25, 0.3) is 0 Å². The first-order chi connectivity index (χ1) is 8.82. The Morgan fingerprint density at radius 2 is 1.95 bits per heavy atom. The van der Waals surface area contributed by atoms with Gasteiger partial charge in [-0.1, -0.05) is 0 Å². The molecular formula is C14H26N2O3. The summed E-state index contributed by atoms with van der Waals surface area (Å²) >= 11 is 0. The molecule has 110 valence electrons. The Morgan fingerprint density at radius 1 is 1.32 bits per heavy atom. The van der Waals surface area contributed by atoms with Gasteiger partial charge in [-0.3, -0.25) is 0 Å². The number of nitrogens with zero attached hydrogens (tertiary/aromatic N) is 1. The van der Waals surface area contributed by atoms with Crippen LogP contribution >= 0.6 is 0 Å². The molecule has 1 unspecified atom stereocenters. The third-order valence-electron chi connectivity index (χ3n) is 4.01. The number of hydrogen-bond acceptors (Lipinski definition) is 4. The third kappa shape index (κ3) is 3.39. The van der Waals surface area contributed by atoms with Crippen molar-refractivity contribution in [1.82, 2.24) is 4.90 Å². The second-order valence-corrected chi connectivity index (χ2v) is 6.73. The number of carbonyl (C=O) groups is 1. The average molecular weight is 270 g/mol. The van der Waals surface area contributed by atoms with Crippen LogP contribution in [0.15, 0.2) is 0 Å². The van der Waals surface area contributed by atoms with Crippen molar-refractivity contribution in [3.63, 3.8) is 0 Å². The number of likely N-dealkylation sites (tertiary alicyclic amines) is 1. The zero-order chi connectivity index (χ0) is 14.1. The maximum absolute atomic E-state index is 12.4. The van der Waals surface area contributed by atoms with Crippen LogP contribution in [0.1, 0.15) is 46.5 Å². The van der Waals surface area contributed by atoms with Crippen molar-refractivity contribution in [2.24, 2.45) is 5.73 Å². The van der Waals surface area contributed by atoms with E-state index >= 15 is 0 Å². The van der Waals surface area contributed by atoms with E-state index in [0.29, 0.717) is 19.8 Å². The molecule has 1 amide bonds. The van der Waals surface area contributed by atoms with Crippen LogP contribution in [-0.2, 0) is 9.47 Å². The Balaban J connectivity index is 2.14. The molecule has 0 radical (unpaired) electrons. The van der Waals surface area contributed by atoms with Gasteiger partial charge in [-0.15, -0.1) is 0 Å². The summed E-state index contributed by atoms with van der Waals surface area (Å²) in [6.07, 6.45) is 3.47. The minimum atomic E-state index is -0.467. The van der Waals surface area contributed by atoms with Gasteiger partial charge in [0.25, 0.3) is 0 Å². The van der Waals surface area contributed by atoms with Gasteiger partial charge in [-0.25, -0.2) is 4.79 Å². The SMILES string of the molecule is CC(C)(C)OC(=O)N1CC(N)CCC12CCOCC2. The number of ether oxygens (including phenoxy) is 2. The van der Waals surface area contributed by atoms with Gasteiger partial charge in [0.05, 0.1) is 5.54 Å². The lowest BCUT2D eigenvalue weighted by Crippen LogP contribution is -2.62. The molecular weight excluding hydrogens is 244 g/mol. The standard InChI is InChI=1S/C14H26N2O3/c1-13(2,3)19-12(17)16-10-11(15)4-5-14(16)6-8-18-9-7-14/h11H,4-10,15H2,1-3H3. The fourth-order valence-electron chi connectivity index (χ4n) is 2.96. The van der Waals surface area contributed by atoms with Gasteiger partial charge in [-0.05, 0) is 46.5 Å². The highest BCUT2D eigenvalue weighted by Gasteiger charge is 2.45. The molecule has 0 bridgehead atoms. The van der Waals surface area contributed by atoms with Crippen LogP contribution in [0.5, 0.6) is 0 Å². The second kappa shape index (κ2) is 5.29. The quantitative estimate of drug-likeness (QED) is 0.730. The van der Waals surface area contributed by atoms with Gasteiger partial charge in [-0.2, -0.15) is 0 Å². The number of amides is 1. The first kappa shape index (κ1) is 14.6. The Bertz CT molecular complexity index is 332. The molecule has 5 nitrogen and oxygen atoms in total. The third-order valence-corrected chi connectivity index (χ3v) is 4.01. The van der Waals surface area contributed by atoms with Crippen molar-refractivity contribution < 1.29 is 14.3 Å². The molecule has 5 heteroatoms. The monoisotopic (exact) mass is 270 g/mol. The van der Waals surface area contributed by atoms with E-state index in [-0.39, 0.29) is 17.7 Å². The minimum absolute atomic E-state index is 0.0565. The highest BCUT2D eigenvalue weighted by atomic mass is 16.6. The van der Waals surface area contributed by atoms with Gasteiger partial charge < -0.3 is 20.1 Å². The van der Waals surface area contributed by atoms with Crippen LogP contribution in [-0.4, -0.2) is 47.9 Å². The van der Waals surface area contributed by atoms with Gasteiger partial charge in [0.15, 0.2) is 0 Å². The van der Waals surface area contributed by atoms with E-state index in [9.17, 15) is 4.79 Å². The van der Waals surface area contributed by atoms with Crippen molar-refractivity contribution in [2.75, 3.05) is 19.8 Å². The lowest BCUT2D eigenvalue weighted by molar-refractivity contribution is -0.0623. The summed E-state index contributed by atoms with van der Waals surface area (Å²) in [5, 5.41) is 0. The molecule has 2 saturated heterocycles. The highest BCUT2D eigenvalue weighted by Crippen LogP contribution is 2.37. The lowest BCUT2D eigenvalue weighted by Gasteiger charge is -2.50. The van der Waals surface area contributed by atoms with Crippen molar-refractivity contribution in [3.8, 4) is 0 Å². The number of carbonyl (C=O) groups excluding carboxylic acids is 1. The molecule has 0 aromatic heterocycles. The zero-order valence-corrected chi connectivity index (χ0v) is 12.3. The Kier molecular flexibility index (Phi) is 4.06. The molecule has 2 heterocycles. The Morgan fingerprint density at radius 3 is 2.53 bits per heavy atom. The Hall–Kier alpha value is -0.810. The molecule has 0 aliphatic carbocycles. The van der Waals surface area contributed by atoms with Crippen LogP contribution in [0.4, 0.5) is 4.79 Å². The van der Waals surface area contributed by atoms with Crippen molar-refractivity contribution in [1.29, 1.82) is 0 Å². The molecule has 1 atom stereocenters. The fourth-order valence-corrected chi connectivity index (χ4v) is 2.96. The summed E-state index contributed by atoms with van der Waals surface area (Å²) in [5.41, 5.74) is 5.47. The molecule has 0 saturated carbocycles. The van der Waals surface area contributed by atoms with E-state index in [1.165, 1.54) is 0 Å². The highest BCUT2D eigenvalue weighted by molar-refractivity contribution is 5.69. The molecule has 1 spiro atoms. The number of piperidine rings is 1. The Labute approximate surface area is 115 Å². The van der Waals surface area contributed by atoms with Gasteiger partial charge in [0.1, 0.15) is 5.60 Å². The second-order valence-electron chi connectivity index (χ2n) is 6.73. The first-order valence-electron chi connectivity index (χ1n) is 7.16. The average Bonchev–Trinajstić information content (AvgIpc) is 2.31. The predicted molar refractivity (Wildman–Crippen MR) is 72.9 cm³/mol. The number of nitrogens with two attached hydrogens (primary N) is 1. The van der Waals surface area contributed by atoms with E-state index < -0.39 is 5.60 Å². The summed E-state index contributed by atoms with van der Waals surface area (Å²) < 4.78 is 11.0. The largest absolute Gasteiger partial charge is 0.444 e. The van der Waals surface area contributed by atoms with E-state index in [1.807, 2.05) is 25.7 Å². The van der Waals surface area contributed by atoms with Crippen molar-refractivity contribution >= 4 is 6.09 Å². The molecule has 2 N–H and O–H groups in total. The van der Waals surface area contributed by atoms with Crippen LogP contribution in [0.3, 0.4) is 0 Å². The number of hydrogen-bond donors (Lipinski definition) is 1. The van der Waals surface area contributed by atoms with E-state index in [4.69, 9.17) is 15.2 Å². The number of rotatable bonds is 0. The summed E-state index contributed by atoms with van der Waals surface area (Å²) in [7, 11) is 0. The molecule has 2 fully saturated rings. The van der Waals surface area contributed by atoms with Crippen LogP contribution < -0.4 is 5.73 Å². The smallest absolute Gasteiger partial charge is 0.410 e. The summed E-state index contributed by atoms with van der Waals surface area (Å²) in [5.74, 6) is 0. The molecule has 0 aromatic carbocycles. The van der Waals surface area contributed by atoms with E-state index in [2.05, 4.69) is 0 Å². The van der Waals surface area contributed by atoms with Gasteiger partial charge in [0, 0.05) is 25.8 Å². The molecule has 2 aliphatic rings. The predicted octanol–water partition coefficient (Wildman–Crippen LogP) is 1.89. The van der Waals surface area contributed by atoms with E-state index in [1.54, 1.807) is 0 Å². The van der Waals surface area contributed by atoms with Crippen LogP contribution in [0, 0.1) is 0 Å². The van der Waals surface area contributed by atoms with Crippen LogP contribution in [0.2, 0.25) is 0 Å². The van der Waals surface area contributed by atoms with Crippen molar-refractivity contribution in [2.45, 2.75) is 63.6 Å². The molecule has 2 rings (SSSR count). The first-order valence-corrected chi connectivity index (χ1v) is 7.16.